The summed E-state index contributed by atoms with van der Waals surface area (Å²) in [6, 6.07) is 8.71. The minimum Gasteiger partial charge on any atom is -0.490 e. The van der Waals surface area contributed by atoms with Crippen LogP contribution in [0.4, 0.5) is 0 Å². The van der Waals surface area contributed by atoms with Crippen LogP contribution in [0.25, 0.3) is 0 Å². The van der Waals surface area contributed by atoms with Crippen LogP contribution >= 0.6 is 0 Å². The number of hydrogen-bond acceptors (Lipinski definition) is 3. The predicted octanol–water partition coefficient (Wildman–Crippen LogP) is 3.58. The molecule has 3 fully saturated rings. The summed E-state index contributed by atoms with van der Waals surface area (Å²) in [5.41, 5.74) is 1.93. The van der Waals surface area contributed by atoms with Crippen molar-refractivity contribution in [3.8, 4) is 5.75 Å². The van der Waals surface area contributed by atoms with Gasteiger partial charge in [-0.15, -0.1) is 0 Å². The third-order valence-corrected chi connectivity index (χ3v) is 6.06. The Labute approximate surface area is 140 Å². The molecule has 0 radical (unpaired) electrons. The monoisotopic (exact) mass is 314 g/mol. The molecule has 2 aliphatic heterocycles. The highest BCUT2D eigenvalue weighted by molar-refractivity contribution is 5.33. The number of nitrogens with zero attached hydrogens (tertiary/aromatic N) is 1. The first kappa shape index (κ1) is 15.5. The molecule has 3 nitrogen and oxygen atoms in total. The Kier molecular flexibility index (Phi) is 4.59. The Balaban J connectivity index is 1.40. The van der Waals surface area contributed by atoms with Gasteiger partial charge in [0.25, 0.3) is 0 Å². The molecule has 1 aromatic rings. The number of rotatable bonds is 4. The second-order valence-electron chi connectivity index (χ2n) is 7.87. The van der Waals surface area contributed by atoms with Gasteiger partial charge in [-0.3, -0.25) is 4.90 Å². The van der Waals surface area contributed by atoms with Crippen molar-refractivity contribution in [1.29, 1.82) is 0 Å². The normalized spacial score (nSPS) is 29.4. The highest BCUT2D eigenvalue weighted by Crippen LogP contribution is 2.37. The van der Waals surface area contributed by atoms with E-state index in [9.17, 15) is 0 Å². The van der Waals surface area contributed by atoms with E-state index >= 15 is 0 Å². The lowest BCUT2D eigenvalue weighted by atomic mass is 9.86. The van der Waals surface area contributed by atoms with E-state index in [0.717, 1.165) is 12.3 Å². The third-order valence-electron chi connectivity index (χ3n) is 6.06. The van der Waals surface area contributed by atoms with Gasteiger partial charge in [0.05, 0.1) is 6.10 Å². The van der Waals surface area contributed by atoms with Gasteiger partial charge in [0, 0.05) is 25.2 Å². The molecule has 3 aliphatic rings. The van der Waals surface area contributed by atoms with E-state index in [0.29, 0.717) is 11.5 Å². The Morgan fingerprint density at radius 1 is 1.13 bits per heavy atom. The van der Waals surface area contributed by atoms with Crippen molar-refractivity contribution in [3.63, 3.8) is 0 Å². The van der Waals surface area contributed by atoms with Crippen LogP contribution in [0.2, 0.25) is 0 Å². The van der Waals surface area contributed by atoms with Gasteiger partial charge >= 0.3 is 0 Å². The summed E-state index contributed by atoms with van der Waals surface area (Å²) < 4.78 is 6.37. The molecule has 2 heterocycles. The van der Waals surface area contributed by atoms with E-state index in [1.54, 1.807) is 0 Å². The van der Waals surface area contributed by atoms with Crippen molar-refractivity contribution >= 4 is 0 Å². The van der Waals surface area contributed by atoms with Crippen molar-refractivity contribution in [2.24, 2.45) is 5.41 Å². The fourth-order valence-corrected chi connectivity index (χ4v) is 4.66. The molecule has 0 amide bonds. The van der Waals surface area contributed by atoms with Gasteiger partial charge in [-0.25, -0.2) is 0 Å². The van der Waals surface area contributed by atoms with Crippen LogP contribution in [0.5, 0.6) is 5.75 Å². The smallest absolute Gasteiger partial charge is 0.124 e. The number of ether oxygens (including phenoxy) is 1. The standard InChI is InChI=1S/C20H30N2O/c1-2-7-18(8-3-1)23-19-9-5-4-6-17(19)14-22-13-11-20(16-22)10-12-21-15-20/h4-6,9,18,21H,1-3,7-8,10-16H2. The van der Waals surface area contributed by atoms with Crippen LogP contribution in [-0.4, -0.2) is 37.2 Å². The zero-order valence-electron chi connectivity index (χ0n) is 14.2. The molecular formula is C20H30N2O. The zero-order chi connectivity index (χ0) is 15.5. The number of likely N-dealkylation sites (tertiary alicyclic amines) is 1. The van der Waals surface area contributed by atoms with Crippen LogP contribution in [0.15, 0.2) is 24.3 Å². The van der Waals surface area contributed by atoms with Gasteiger partial charge in [0.2, 0.25) is 0 Å². The number of nitrogens with one attached hydrogen (secondary N) is 1. The number of benzene rings is 1. The second kappa shape index (κ2) is 6.82. The molecular weight excluding hydrogens is 284 g/mol. The van der Waals surface area contributed by atoms with Crippen LogP contribution in [0.1, 0.15) is 50.5 Å². The second-order valence-corrected chi connectivity index (χ2v) is 7.87. The minimum absolute atomic E-state index is 0.439. The third kappa shape index (κ3) is 3.56. The summed E-state index contributed by atoms with van der Waals surface area (Å²) in [5.74, 6) is 1.13. The Hall–Kier alpha value is -1.06. The van der Waals surface area contributed by atoms with E-state index in [-0.39, 0.29) is 0 Å². The first-order valence-electron chi connectivity index (χ1n) is 9.51. The molecule has 1 unspecified atom stereocenters. The van der Waals surface area contributed by atoms with Gasteiger partial charge in [-0.1, -0.05) is 24.6 Å². The quantitative estimate of drug-likeness (QED) is 0.919. The molecule has 126 valence electrons. The molecule has 1 spiro atoms. The molecule has 4 rings (SSSR count). The minimum atomic E-state index is 0.439. The molecule has 1 aliphatic carbocycles. The summed E-state index contributed by atoms with van der Waals surface area (Å²) in [6.07, 6.45) is 9.64. The molecule has 23 heavy (non-hydrogen) atoms. The average Bonchev–Trinajstić information content (AvgIpc) is 3.21. The first-order chi connectivity index (χ1) is 11.3. The molecule has 1 N–H and O–H groups in total. The lowest BCUT2D eigenvalue weighted by Crippen LogP contribution is -2.29. The average molecular weight is 314 g/mol. The van der Waals surface area contributed by atoms with E-state index in [1.165, 1.54) is 76.7 Å². The van der Waals surface area contributed by atoms with E-state index < -0.39 is 0 Å². The van der Waals surface area contributed by atoms with Crippen molar-refractivity contribution in [2.75, 3.05) is 26.2 Å². The molecule has 1 atom stereocenters. The van der Waals surface area contributed by atoms with Gasteiger partial charge in [0.15, 0.2) is 0 Å². The highest BCUT2D eigenvalue weighted by Gasteiger charge is 2.40. The maximum Gasteiger partial charge on any atom is 0.124 e. The lowest BCUT2D eigenvalue weighted by molar-refractivity contribution is 0.151. The highest BCUT2D eigenvalue weighted by atomic mass is 16.5. The Morgan fingerprint density at radius 3 is 2.83 bits per heavy atom. The van der Waals surface area contributed by atoms with Crippen LogP contribution in [-0.2, 0) is 6.54 Å². The topological polar surface area (TPSA) is 24.5 Å². The molecule has 0 aromatic heterocycles. The Bertz CT molecular complexity index is 518. The maximum atomic E-state index is 6.37. The van der Waals surface area contributed by atoms with Crippen molar-refractivity contribution in [2.45, 2.75) is 57.6 Å². The van der Waals surface area contributed by atoms with Crippen molar-refractivity contribution in [1.82, 2.24) is 10.2 Å². The summed E-state index contributed by atoms with van der Waals surface area (Å²) in [7, 11) is 0. The largest absolute Gasteiger partial charge is 0.490 e. The number of para-hydroxylation sites is 1. The van der Waals surface area contributed by atoms with E-state index in [1.807, 2.05) is 0 Å². The fourth-order valence-electron chi connectivity index (χ4n) is 4.66. The Morgan fingerprint density at radius 2 is 2.00 bits per heavy atom. The summed E-state index contributed by atoms with van der Waals surface area (Å²) in [5, 5.41) is 3.55. The lowest BCUT2D eigenvalue weighted by Gasteiger charge is -2.26. The van der Waals surface area contributed by atoms with Crippen LogP contribution in [0, 0.1) is 5.41 Å². The predicted molar refractivity (Wildman–Crippen MR) is 93.8 cm³/mol. The molecule has 1 saturated carbocycles. The van der Waals surface area contributed by atoms with E-state index in [2.05, 4.69) is 34.5 Å². The van der Waals surface area contributed by atoms with Crippen LogP contribution in [0.3, 0.4) is 0 Å². The van der Waals surface area contributed by atoms with E-state index in [4.69, 9.17) is 4.74 Å². The summed E-state index contributed by atoms with van der Waals surface area (Å²) in [4.78, 5) is 2.63. The summed E-state index contributed by atoms with van der Waals surface area (Å²) >= 11 is 0. The van der Waals surface area contributed by atoms with Gasteiger partial charge < -0.3 is 10.1 Å². The van der Waals surface area contributed by atoms with Gasteiger partial charge in [-0.2, -0.15) is 0 Å². The molecule has 3 heteroatoms. The van der Waals surface area contributed by atoms with Gasteiger partial charge in [-0.05, 0) is 63.1 Å². The maximum absolute atomic E-state index is 6.37. The summed E-state index contributed by atoms with van der Waals surface area (Å²) in [6.45, 7) is 5.95. The van der Waals surface area contributed by atoms with Crippen LogP contribution < -0.4 is 10.1 Å². The van der Waals surface area contributed by atoms with Crippen molar-refractivity contribution < 1.29 is 4.74 Å². The van der Waals surface area contributed by atoms with Crippen molar-refractivity contribution in [3.05, 3.63) is 29.8 Å². The molecule has 1 aromatic carbocycles. The molecule has 2 saturated heterocycles. The zero-order valence-corrected chi connectivity index (χ0v) is 14.2. The number of hydrogen-bond donors (Lipinski definition) is 1. The van der Waals surface area contributed by atoms with Gasteiger partial charge in [0.1, 0.15) is 5.75 Å². The SMILES string of the molecule is c1ccc(OC2CCCCC2)c(CN2CCC3(CCNC3)C2)c1. The first-order valence-corrected chi connectivity index (χ1v) is 9.51. The fraction of sp³-hybridized carbons (Fsp3) is 0.700. The molecule has 0 bridgehead atoms.